The monoisotopic (exact) mass is 249 g/mol. The van der Waals surface area contributed by atoms with Crippen LogP contribution in [0.1, 0.15) is 6.92 Å². The number of hydrogen-bond acceptors (Lipinski definition) is 5. The molecule has 2 unspecified atom stereocenters. The number of thiol groups is 1. The molecular formula is C10H19NO4S. The molecule has 6 heteroatoms. The molecule has 0 fully saturated rings. The van der Waals surface area contributed by atoms with Gasteiger partial charge in [-0.1, -0.05) is 6.92 Å². The van der Waals surface area contributed by atoms with Crippen LogP contribution < -0.4 is 5.32 Å². The summed E-state index contributed by atoms with van der Waals surface area (Å²) < 4.78 is 15.1. The molecule has 94 valence electrons. The Kier molecular flexibility index (Phi) is 8.05. The van der Waals surface area contributed by atoms with E-state index in [1.54, 1.807) is 14.2 Å². The summed E-state index contributed by atoms with van der Waals surface area (Å²) in [6.07, 6.45) is 1.18. The summed E-state index contributed by atoms with van der Waals surface area (Å²) in [6, 6.07) is 0. The maximum absolute atomic E-state index is 11.2. The van der Waals surface area contributed by atoms with Crippen molar-refractivity contribution >= 4 is 18.8 Å². The Labute approximate surface area is 102 Å². The van der Waals surface area contributed by atoms with Crippen LogP contribution in [0.4, 0.5) is 0 Å². The largest absolute Gasteiger partial charge is 0.501 e. The molecule has 0 aromatic rings. The van der Waals surface area contributed by atoms with Gasteiger partial charge in [0.1, 0.15) is 5.76 Å². The molecule has 0 saturated carbocycles. The molecule has 16 heavy (non-hydrogen) atoms. The van der Waals surface area contributed by atoms with E-state index in [9.17, 15) is 4.79 Å². The molecule has 0 spiro atoms. The predicted molar refractivity (Wildman–Crippen MR) is 64.1 cm³/mol. The zero-order valence-corrected chi connectivity index (χ0v) is 10.9. The molecule has 0 aromatic heterocycles. The number of amides is 1. The van der Waals surface area contributed by atoms with E-state index in [-0.39, 0.29) is 17.9 Å². The Balaban J connectivity index is 4.67. The van der Waals surface area contributed by atoms with Crippen molar-refractivity contribution in [1.82, 2.24) is 5.32 Å². The molecule has 0 bridgehead atoms. The van der Waals surface area contributed by atoms with E-state index in [2.05, 4.69) is 18.2 Å². The van der Waals surface area contributed by atoms with Gasteiger partial charge in [0.25, 0.3) is 0 Å². The Morgan fingerprint density at radius 2 is 2.12 bits per heavy atom. The van der Waals surface area contributed by atoms with E-state index in [1.165, 1.54) is 13.2 Å². The third-order valence-electron chi connectivity index (χ3n) is 2.30. The van der Waals surface area contributed by atoms with Crippen molar-refractivity contribution in [2.45, 2.75) is 13.0 Å². The molecular weight excluding hydrogens is 230 g/mol. The smallest absolute Gasteiger partial charge is 0.247 e. The molecule has 0 aromatic carbocycles. The minimum atomic E-state index is -0.217. The molecule has 1 amide bonds. The fourth-order valence-corrected chi connectivity index (χ4v) is 1.40. The summed E-state index contributed by atoms with van der Waals surface area (Å²) in [5, 5.41) is 2.49. The lowest BCUT2D eigenvalue weighted by atomic mass is 10.0. The van der Waals surface area contributed by atoms with E-state index in [4.69, 9.17) is 13.7 Å². The second kappa shape index (κ2) is 8.43. The van der Waals surface area contributed by atoms with Gasteiger partial charge in [-0.3, -0.25) is 4.79 Å². The summed E-state index contributed by atoms with van der Waals surface area (Å²) >= 11 is 3.67. The molecule has 0 aliphatic carbocycles. The molecule has 0 rings (SSSR count). The van der Waals surface area contributed by atoms with Gasteiger partial charge in [-0.05, 0) is 12.9 Å². The number of carbonyl (C=O) groups is 1. The summed E-state index contributed by atoms with van der Waals surface area (Å²) in [5.41, 5.74) is 0. The average Bonchev–Trinajstić information content (AvgIpc) is 2.31. The number of likely N-dealkylation sites (N-methyl/N-ethyl adjacent to an activating group) is 1. The van der Waals surface area contributed by atoms with Crippen molar-refractivity contribution in [2.75, 3.05) is 27.9 Å². The van der Waals surface area contributed by atoms with Crippen LogP contribution in [0.25, 0.3) is 0 Å². The average molecular weight is 249 g/mol. The minimum absolute atomic E-state index is 0.0977. The summed E-state index contributed by atoms with van der Waals surface area (Å²) in [5.74, 6) is 0.223. The number of carbonyl (C=O) groups excluding carboxylic acids is 1. The fourth-order valence-electron chi connectivity index (χ4n) is 1.25. The van der Waals surface area contributed by atoms with Crippen LogP contribution in [0, 0.1) is 5.92 Å². The van der Waals surface area contributed by atoms with Crippen LogP contribution in [-0.2, 0) is 18.5 Å². The Hall–Kier alpha value is -0.720. The van der Waals surface area contributed by atoms with Crippen molar-refractivity contribution in [1.29, 1.82) is 0 Å². The van der Waals surface area contributed by atoms with Crippen LogP contribution in [0.3, 0.4) is 0 Å². The first-order valence-electron chi connectivity index (χ1n) is 4.87. The second-order valence-electron chi connectivity index (χ2n) is 3.22. The van der Waals surface area contributed by atoms with Gasteiger partial charge >= 0.3 is 0 Å². The maximum Gasteiger partial charge on any atom is 0.247 e. The predicted octanol–water partition coefficient (Wildman–Crippen LogP) is 0.775. The van der Waals surface area contributed by atoms with Crippen LogP contribution in [-0.4, -0.2) is 39.9 Å². The molecule has 0 aliphatic heterocycles. The Bertz CT molecular complexity index is 245. The van der Waals surface area contributed by atoms with Crippen LogP contribution in [0.5, 0.6) is 0 Å². The number of hydrogen-bond donors (Lipinski definition) is 2. The van der Waals surface area contributed by atoms with Crippen molar-refractivity contribution in [3.8, 4) is 0 Å². The normalized spacial score (nSPS) is 15.4. The zero-order chi connectivity index (χ0) is 12.6. The number of rotatable bonds is 7. The third kappa shape index (κ3) is 4.87. The van der Waals surface area contributed by atoms with Crippen LogP contribution in [0.2, 0.25) is 0 Å². The molecule has 2 atom stereocenters. The SMILES string of the molecule is CNC(=O)/C=C(/OC)C(C)C(COS)OC. The van der Waals surface area contributed by atoms with E-state index in [1.807, 2.05) is 6.92 Å². The molecule has 0 radical (unpaired) electrons. The van der Waals surface area contributed by atoms with Crippen molar-refractivity contribution in [3.63, 3.8) is 0 Å². The maximum atomic E-state index is 11.2. The second-order valence-corrected chi connectivity index (χ2v) is 3.48. The van der Waals surface area contributed by atoms with Gasteiger partial charge in [0.05, 0.1) is 19.8 Å². The van der Waals surface area contributed by atoms with Gasteiger partial charge in [-0.15, -0.1) is 0 Å². The van der Waals surface area contributed by atoms with E-state index >= 15 is 0 Å². The van der Waals surface area contributed by atoms with Gasteiger partial charge < -0.3 is 19.0 Å². The summed E-state index contributed by atoms with van der Waals surface area (Å²) in [6.45, 7) is 2.20. The number of methoxy groups -OCH3 is 2. The van der Waals surface area contributed by atoms with Gasteiger partial charge in [0, 0.05) is 26.2 Å². The first-order valence-corrected chi connectivity index (χ1v) is 5.23. The van der Waals surface area contributed by atoms with Gasteiger partial charge in [0.15, 0.2) is 0 Å². The van der Waals surface area contributed by atoms with Crippen molar-refractivity contribution < 1.29 is 18.5 Å². The fraction of sp³-hybridized carbons (Fsp3) is 0.700. The highest BCUT2D eigenvalue weighted by Crippen LogP contribution is 2.18. The topological polar surface area (TPSA) is 56.8 Å². The van der Waals surface area contributed by atoms with Gasteiger partial charge in [-0.25, -0.2) is 0 Å². The lowest BCUT2D eigenvalue weighted by Gasteiger charge is -2.23. The van der Waals surface area contributed by atoms with E-state index in [0.717, 1.165) is 0 Å². The zero-order valence-electron chi connectivity index (χ0n) is 10.0. The highest BCUT2D eigenvalue weighted by atomic mass is 32.1. The van der Waals surface area contributed by atoms with Crippen molar-refractivity contribution in [2.24, 2.45) is 5.92 Å². The lowest BCUT2D eigenvalue weighted by molar-refractivity contribution is -0.116. The summed E-state index contributed by atoms with van der Waals surface area (Å²) in [4.78, 5) is 11.2. The minimum Gasteiger partial charge on any atom is -0.501 e. The molecule has 0 saturated heterocycles. The molecule has 1 N–H and O–H groups in total. The van der Waals surface area contributed by atoms with E-state index < -0.39 is 0 Å². The van der Waals surface area contributed by atoms with E-state index in [0.29, 0.717) is 12.4 Å². The first kappa shape index (κ1) is 15.3. The van der Waals surface area contributed by atoms with Crippen molar-refractivity contribution in [3.05, 3.63) is 11.8 Å². The lowest BCUT2D eigenvalue weighted by Crippen LogP contribution is -2.28. The molecule has 0 heterocycles. The van der Waals surface area contributed by atoms with Crippen LogP contribution >= 0.6 is 12.9 Å². The first-order chi connectivity index (χ1) is 7.60. The number of nitrogens with one attached hydrogen (secondary N) is 1. The quantitative estimate of drug-likeness (QED) is 0.303. The molecule has 0 aliphatic rings. The van der Waals surface area contributed by atoms with Crippen LogP contribution in [0.15, 0.2) is 11.8 Å². The Morgan fingerprint density at radius 1 is 1.50 bits per heavy atom. The van der Waals surface area contributed by atoms with Gasteiger partial charge in [0.2, 0.25) is 5.91 Å². The highest BCUT2D eigenvalue weighted by molar-refractivity contribution is 7.75. The summed E-state index contributed by atoms with van der Waals surface area (Å²) in [7, 11) is 4.64. The standard InChI is InChI=1S/C10H19NO4S/c1-7(9(14-4)6-15-16)8(13-3)5-10(12)11-2/h5,7,9,16H,6H2,1-4H3,(H,11,12)/b8-5+. The number of ether oxygens (including phenoxy) is 2. The highest BCUT2D eigenvalue weighted by Gasteiger charge is 2.22. The molecule has 5 nitrogen and oxygen atoms in total. The Morgan fingerprint density at radius 3 is 2.50 bits per heavy atom. The van der Waals surface area contributed by atoms with Gasteiger partial charge in [-0.2, -0.15) is 0 Å². The third-order valence-corrected chi connectivity index (χ3v) is 2.45.